The van der Waals surface area contributed by atoms with E-state index in [1.807, 2.05) is 0 Å². The summed E-state index contributed by atoms with van der Waals surface area (Å²) in [5.74, 6) is 4.50. The van der Waals surface area contributed by atoms with Gasteiger partial charge < -0.3 is 0 Å². The van der Waals surface area contributed by atoms with Gasteiger partial charge in [-0.25, -0.2) is 0 Å². The van der Waals surface area contributed by atoms with Crippen molar-refractivity contribution in [3.05, 3.63) is 12.2 Å². The van der Waals surface area contributed by atoms with Crippen molar-refractivity contribution in [1.29, 1.82) is 0 Å². The highest BCUT2D eigenvalue weighted by Crippen LogP contribution is 2.66. The van der Waals surface area contributed by atoms with E-state index in [0.29, 0.717) is 0 Å². The van der Waals surface area contributed by atoms with Crippen LogP contribution in [0.2, 0.25) is 0 Å². The summed E-state index contributed by atoms with van der Waals surface area (Å²) in [5, 5.41) is 0. The van der Waals surface area contributed by atoms with Crippen LogP contribution in [0.4, 0.5) is 0 Å². The molecular weight excluding hydrogens is 168 g/mol. The lowest BCUT2D eigenvalue weighted by Gasteiger charge is -2.62. The van der Waals surface area contributed by atoms with Crippen molar-refractivity contribution in [3.63, 3.8) is 0 Å². The van der Waals surface area contributed by atoms with E-state index in [1.54, 1.807) is 32.1 Å². The highest BCUT2D eigenvalue weighted by atomic mass is 14.6. The van der Waals surface area contributed by atoms with Crippen LogP contribution in [0.3, 0.4) is 0 Å². The van der Waals surface area contributed by atoms with Crippen LogP contribution in [0.1, 0.15) is 44.9 Å². The summed E-state index contributed by atoms with van der Waals surface area (Å²) in [6.45, 7) is 0. The standard InChI is InChI=1S/C14H20/c1-2-4-14-8-10-5-11(9-14)7-12(6-10)13(14)3-1/h1-2,10-13H,3-9H2. The Morgan fingerprint density at radius 1 is 0.929 bits per heavy atom. The van der Waals surface area contributed by atoms with E-state index in [9.17, 15) is 0 Å². The molecule has 4 fully saturated rings. The van der Waals surface area contributed by atoms with Gasteiger partial charge in [0.15, 0.2) is 0 Å². The maximum atomic E-state index is 2.49. The van der Waals surface area contributed by atoms with E-state index in [1.165, 1.54) is 12.8 Å². The minimum absolute atomic E-state index is 0.809. The van der Waals surface area contributed by atoms with Crippen molar-refractivity contribution in [1.82, 2.24) is 0 Å². The molecule has 0 saturated heterocycles. The van der Waals surface area contributed by atoms with Crippen LogP contribution in [0.15, 0.2) is 12.2 Å². The number of hydrogen-bond donors (Lipinski definition) is 0. The van der Waals surface area contributed by atoms with Crippen LogP contribution in [0.25, 0.3) is 0 Å². The summed E-state index contributed by atoms with van der Waals surface area (Å²) in [4.78, 5) is 0. The second kappa shape index (κ2) is 2.46. The van der Waals surface area contributed by atoms with Crippen LogP contribution in [-0.2, 0) is 0 Å². The summed E-state index contributed by atoms with van der Waals surface area (Å²) in [7, 11) is 0. The Bertz CT molecular complexity index is 274. The summed E-state index contributed by atoms with van der Waals surface area (Å²) < 4.78 is 0. The molecule has 0 aromatic rings. The Labute approximate surface area is 86.8 Å². The molecule has 0 aromatic carbocycles. The Morgan fingerprint density at radius 2 is 1.71 bits per heavy atom. The van der Waals surface area contributed by atoms with E-state index in [4.69, 9.17) is 0 Å². The first kappa shape index (κ1) is 7.96. The van der Waals surface area contributed by atoms with E-state index in [2.05, 4.69) is 12.2 Å². The fourth-order valence-corrected chi connectivity index (χ4v) is 5.64. The van der Waals surface area contributed by atoms with Gasteiger partial charge in [0, 0.05) is 0 Å². The molecule has 0 amide bonds. The van der Waals surface area contributed by atoms with Gasteiger partial charge in [-0.3, -0.25) is 0 Å². The summed E-state index contributed by atoms with van der Waals surface area (Å²) in [6, 6.07) is 0. The Balaban J connectivity index is 1.79. The predicted octanol–water partition coefficient (Wildman–Crippen LogP) is 3.78. The summed E-state index contributed by atoms with van der Waals surface area (Å²) in [6.07, 6.45) is 15.8. The van der Waals surface area contributed by atoms with Gasteiger partial charge in [-0.15, -0.1) is 0 Å². The van der Waals surface area contributed by atoms with E-state index >= 15 is 0 Å². The lowest BCUT2D eigenvalue weighted by atomic mass is 9.43. The second-order valence-electron chi connectivity index (χ2n) is 6.49. The molecule has 0 N–H and O–H groups in total. The van der Waals surface area contributed by atoms with Gasteiger partial charge in [-0.05, 0) is 74.0 Å². The topological polar surface area (TPSA) is 0 Å². The van der Waals surface area contributed by atoms with Crippen molar-refractivity contribution in [2.45, 2.75) is 44.9 Å². The molecule has 0 nitrogen and oxygen atoms in total. The normalized spacial score (nSPS) is 58.9. The quantitative estimate of drug-likeness (QED) is 0.507. The van der Waals surface area contributed by atoms with Gasteiger partial charge in [0.2, 0.25) is 0 Å². The van der Waals surface area contributed by atoms with Crippen LogP contribution >= 0.6 is 0 Å². The smallest absolute Gasteiger partial charge is 0.0224 e. The average molecular weight is 188 g/mol. The third-order valence-corrected chi connectivity index (χ3v) is 5.77. The Hall–Kier alpha value is -0.260. The van der Waals surface area contributed by atoms with E-state index < -0.39 is 0 Å². The van der Waals surface area contributed by atoms with Crippen molar-refractivity contribution in [2.75, 3.05) is 0 Å². The molecule has 3 atom stereocenters. The molecule has 0 heterocycles. The molecule has 14 heavy (non-hydrogen) atoms. The number of hydrogen-bond acceptors (Lipinski definition) is 0. The minimum atomic E-state index is 0.809. The zero-order valence-electron chi connectivity index (χ0n) is 8.91. The average Bonchev–Trinajstić information content (AvgIpc) is 2.15. The number of allylic oxidation sites excluding steroid dienone is 2. The number of rotatable bonds is 0. The first-order valence-corrected chi connectivity index (χ1v) is 6.51. The van der Waals surface area contributed by atoms with Crippen molar-refractivity contribution < 1.29 is 0 Å². The predicted molar refractivity (Wildman–Crippen MR) is 57.9 cm³/mol. The monoisotopic (exact) mass is 188 g/mol. The van der Waals surface area contributed by atoms with Gasteiger partial charge in [-0.1, -0.05) is 12.2 Å². The van der Waals surface area contributed by atoms with Crippen LogP contribution in [-0.4, -0.2) is 0 Å². The summed E-state index contributed by atoms with van der Waals surface area (Å²) in [5.41, 5.74) is 0.809. The van der Waals surface area contributed by atoms with Crippen molar-refractivity contribution in [3.8, 4) is 0 Å². The highest BCUT2D eigenvalue weighted by Gasteiger charge is 2.56. The Morgan fingerprint density at radius 3 is 2.50 bits per heavy atom. The maximum absolute atomic E-state index is 2.49. The molecule has 76 valence electrons. The fraction of sp³-hybridized carbons (Fsp3) is 0.857. The fourth-order valence-electron chi connectivity index (χ4n) is 5.64. The molecule has 5 aliphatic carbocycles. The largest absolute Gasteiger partial charge is 0.0882 e. The molecular formula is C14H20. The van der Waals surface area contributed by atoms with Gasteiger partial charge in [-0.2, -0.15) is 0 Å². The van der Waals surface area contributed by atoms with Crippen LogP contribution < -0.4 is 0 Å². The van der Waals surface area contributed by atoms with E-state index in [-0.39, 0.29) is 0 Å². The molecule has 4 bridgehead atoms. The molecule has 0 aliphatic heterocycles. The third kappa shape index (κ3) is 0.857. The minimum Gasteiger partial charge on any atom is -0.0882 e. The van der Waals surface area contributed by atoms with Crippen molar-refractivity contribution in [2.24, 2.45) is 29.1 Å². The lowest BCUT2D eigenvalue weighted by Crippen LogP contribution is -2.53. The molecule has 0 radical (unpaired) electrons. The van der Waals surface area contributed by atoms with Gasteiger partial charge >= 0.3 is 0 Å². The lowest BCUT2D eigenvalue weighted by molar-refractivity contribution is -0.109. The molecule has 5 rings (SSSR count). The first-order valence-electron chi connectivity index (χ1n) is 6.51. The zero-order valence-corrected chi connectivity index (χ0v) is 8.91. The molecule has 4 saturated carbocycles. The van der Waals surface area contributed by atoms with Gasteiger partial charge in [0.25, 0.3) is 0 Å². The first-order chi connectivity index (χ1) is 6.86. The summed E-state index contributed by atoms with van der Waals surface area (Å²) >= 11 is 0. The molecule has 3 unspecified atom stereocenters. The van der Waals surface area contributed by atoms with Crippen LogP contribution in [0, 0.1) is 29.1 Å². The van der Waals surface area contributed by atoms with E-state index in [0.717, 1.165) is 29.1 Å². The second-order valence-corrected chi connectivity index (χ2v) is 6.49. The van der Waals surface area contributed by atoms with Gasteiger partial charge in [0.1, 0.15) is 0 Å². The van der Waals surface area contributed by atoms with Gasteiger partial charge in [0.05, 0.1) is 0 Å². The zero-order chi connectivity index (χ0) is 9.17. The maximum Gasteiger partial charge on any atom is -0.0224 e. The van der Waals surface area contributed by atoms with Crippen LogP contribution in [0.5, 0.6) is 0 Å². The SMILES string of the molecule is C1=CCC23CC4CC(CC(C4)C2C1)C3. The molecule has 1 spiro atoms. The Kier molecular flexibility index (Phi) is 1.40. The third-order valence-electron chi connectivity index (χ3n) is 5.77. The highest BCUT2D eigenvalue weighted by molar-refractivity contribution is 5.12. The molecule has 0 aromatic heterocycles. The molecule has 5 aliphatic rings. The van der Waals surface area contributed by atoms with Crippen molar-refractivity contribution >= 4 is 0 Å². The molecule has 0 heteroatoms.